The lowest BCUT2D eigenvalue weighted by atomic mass is 10.2. The van der Waals surface area contributed by atoms with Crippen LogP contribution in [-0.2, 0) is 21.2 Å². The monoisotopic (exact) mass is 617 g/mol. The number of benzene rings is 1. The van der Waals surface area contributed by atoms with Gasteiger partial charge in [0.05, 0.1) is 5.56 Å². The lowest BCUT2D eigenvalue weighted by Gasteiger charge is -2.42. The Morgan fingerprint density at radius 2 is 1.03 bits per heavy atom. The molecule has 0 aliphatic carbocycles. The highest BCUT2D eigenvalue weighted by Gasteiger charge is 2.55. The third-order valence-corrected chi connectivity index (χ3v) is 15.5. The van der Waals surface area contributed by atoms with Crippen LogP contribution in [0.15, 0.2) is 29.6 Å². The Hall–Kier alpha value is -0.242. The zero-order chi connectivity index (χ0) is 28.4. The normalized spacial score (nSPS) is 14.9. The van der Waals surface area contributed by atoms with Gasteiger partial charge in [-0.25, -0.2) is 0 Å². The molecule has 0 heterocycles. The second-order valence-electron chi connectivity index (χ2n) is 13.9. The molecule has 0 unspecified atom stereocenters. The summed E-state index contributed by atoms with van der Waals surface area (Å²) in [6.45, 7) is 32.3. The quantitative estimate of drug-likeness (QED) is 0.168. The van der Waals surface area contributed by atoms with Gasteiger partial charge in [-0.1, -0.05) is 12.1 Å². The summed E-state index contributed by atoms with van der Waals surface area (Å²) in [6, 6.07) is 8.04. The largest absolute Gasteiger partial charge is 0.544 e. The van der Waals surface area contributed by atoms with E-state index in [0.717, 1.165) is 11.3 Å². The van der Waals surface area contributed by atoms with Crippen molar-refractivity contribution in [2.45, 2.75) is 98.2 Å². The molecule has 0 fully saturated rings. The van der Waals surface area contributed by atoms with Crippen LogP contribution in [0.3, 0.4) is 0 Å². The van der Waals surface area contributed by atoms with Crippen LogP contribution in [0.1, 0.15) is 5.56 Å². The summed E-state index contributed by atoms with van der Waals surface area (Å²) >= 11 is 0. The second kappa shape index (κ2) is 11.9. The van der Waals surface area contributed by atoms with Crippen molar-refractivity contribution in [3.63, 3.8) is 0 Å². The minimum Gasteiger partial charge on any atom is -0.544 e. The smallest absolute Gasteiger partial charge is 0.544 e. The third kappa shape index (κ3) is 12.1. The van der Waals surface area contributed by atoms with Gasteiger partial charge < -0.3 is 25.6 Å². The fraction of sp³-hybridized carbons (Fsp3) is 0.652. The average molecular weight is 618 g/mol. The fourth-order valence-electron chi connectivity index (χ4n) is 3.16. The first-order valence-corrected chi connectivity index (χ1v) is 31.7. The van der Waals surface area contributed by atoms with Crippen LogP contribution in [0.25, 0.3) is 5.76 Å². The fourth-order valence-corrected chi connectivity index (χ4v) is 16.7. The molecule has 13 heteroatoms. The van der Waals surface area contributed by atoms with Crippen molar-refractivity contribution < 1.29 is 25.6 Å². The van der Waals surface area contributed by atoms with Gasteiger partial charge in [-0.2, -0.15) is 0 Å². The van der Waals surface area contributed by atoms with Crippen molar-refractivity contribution in [1.29, 1.82) is 0 Å². The molecule has 0 N–H and O–H groups in total. The third-order valence-electron chi connectivity index (χ3n) is 3.86. The molecule has 0 aliphatic rings. The molecule has 6 nitrogen and oxygen atoms in total. The van der Waals surface area contributed by atoms with E-state index < -0.39 is 50.4 Å². The minimum atomic E-state index is -3.62. The summed E-state index contributed by atoms with van der Waals surface area (Å²) in [6.07, 6.45) is 0. The maximum absolute atomic E-state index is 6.91. The minimum absolute atomic E-state index is 0.551. The molecule has 0 bridgehead atoms. The Bertz CT molecular complexity index is 888. The van der Waals surface area contributed by atoms with Gasteiger partial charge in [0.25, 0.3) is 0 Å². The van der Waals surface area contributed by atoms with Gasteiger partial charge in [0, 0.05) is 0 Å². The zero-order valence-electron chi connectivity index (χ0n) is 25.3. The molecule has 0 saturated heterocycles. The summed E-state index contributed by atoms with van der Waals surface area (Å²) in [5, 5.41) is 0.551. The van der Waals surface area contributed by atoms with Crippen molar-refractivity contribution in [3.8, 4) is 5.75 Å². The highest BCUT2D eigenvalue weighted by atomic mass is 28.5. The molecule has 1 rings (SSSR count). The Kier molecular flexibility index (Phi) is 11.1. The van der Waals surface area contributed by atoms with E-state index in [1.165, 1.54) is 0 Å². The van der Waals surface area contributed by atoms with Gasteiger partial charge >= 0.3 is 8.80 Å². The van der Waals surface area contributed by atoms with E-state index >= 15 is 0 Å². The molecule has 0 saturated carbocycles. The standard InChI is InChI=1S/C23H49O6Si7/c1-31(2,3)24-21-19-17-16-18-20(21)22(25-32(4,5)6)23(26-33(7,8)9)36(27-30,28-34(10,11)12)29-35(13,14)15/h16-19H,1-15H3. The molecular formula is C23H49O6Si7. The Balaban J connectivity index is 4.25. The molecular weight excluding hydrogens is 569 g/mol. The molecule has 3 radical (unpaired) electrons. The van der Waals surface area contributed by atoms with Crippen molar-refractivity contribution in [1.82, 2.24) is 0 Å². The first-order chi connectivity index (χ1) is 15.9. The summed E-state index contributed by atoms with van der Waals surface area (Å²) < 4.78 is 40.3. The van der Waals surface area contributed by atoms with Crippen LogP contribution in [0.5, 0.6) is 5.75 Å². The van der Waals surface area contributed by atoms with Crippen molar-refractivity contribution in [2.75, 3.05) is 0 Å². The molecule has 0 aliphatic heterocycles. The van der Waals surface area contributed by atoms with Crippen molar-refractivity contribution in [2.24, 2.45) is 0 Å². The zero-order valence-corrected chi connectivity index (χ0v) is 32.3. The Morgan fingerprint density at radius 3 is 1.39 bits per heavy atom. The van der Waals surface area contributed by atoms with Gasteiger partial charge in [-0.15, -0.1) is 0 Å². The van der Waals surface area contributed by atoms with Crippen LogP contribution >= 0.6 is 0 Å². The number of rotatable bonds is 13. The Labute approximate surface area is 230 Å². The Morgan fingerprint density at radius 1 is 0.583 bits per heavy atom. The van der Waals surface area contributed by atoms with E-state index in [2.05, 4.69) is 109 Å². The molecule has 205 valence electrons. The van der Waals surface area contributed by atoms with Crippen LogP contribution in [0, 0.1) is 0 Å². The van der Waals surface area contributed by atoms with Crippen LogP contribution in [-0.4, -0.2) is 60.9 Å². The van der Waals surface area contributed by atoms with Crippen LogP contribution < -0.4 is 4.43 Å². The lowest BCUT2D eigenvalue weighted by Crippen LogP contribution is -2.60. The van der Waals surface area contributed by atoms with Crippen LogP contribution in [0.2, 0.25) is 98.2 Å². The van der Waals surface area contributed by atoms with Gasteiger partial charge in [0.15, 0.2) is 27.8 Å². The molecule has 0 aromatic heterocycles. The lowest BCUT2D eigenvalue weighted by molar-refractivity contribution is 0.244. The van der Waals surface area contributed by atoms with Gasteiger partial charge in [0.1, 0.15) is 5.75 Å². The van der Waals surface area contributed by atoms with E-state index in [9.17, 15) is 0 Å². The molecule has 0 atom stereocenters. The highest BCUT2D eigenvalue weighted by Crippen LogP contribution is 2.40. The van der Waals surface area contributed by atoms with Crippen LogP contribution in [0.4, 0.5) is 0 Å². The second-order valence-corrected chi connectivity index (χ2v) is 39.6. The van der Waals surface area contributed by atoms with Crippen molar-refractivity contribution >= 4 is 66.6 Å². The molecule has 1 aromatic rings. The van der Waals surface area contributed by atoms with E-state index in [0.29, 0.717) is 11.1 Å². The number of para-hydroxylation sites is 1. The van der Waals surface area contributed by atoms with E-state index in [-0.39, 0.29) is 0 Å². The first kappa shape index (κ1) is 33.8. The number of hydrogen-bond donors (Lipinski definition) is 0. The molecule has 36 heavy (non-hydrogen) atoms. The number of hydrogen-bond acceptors (Lipinski definition) is 6. The predicted octanol–water partition coefficient (Wildman–Crippen LogP) is 7.55. The van der Waals surface area contributed by atoms with E-state index in [1.54, 1.807) is 0 Å². The van der Waals surface area contributed by atoms with Crippen molar-refractivity contribution in [3.05, 3.63) is 35.2 Å². The first-order valence-electron chi connectivity index (χ1n) is 12.5. The maximum atomic E-state index is 6.91. The average Bonchev–Trinajstić information content (AvgIpc) is 2.59. The molecule has 1 aromatic carbocycles. The van der Waals surface area contributed by atoms with Gasteiger partial charge in [-0.05, 0) is 110 Å². The van der Waals surface area contributed by atoms with E-state index in [4.69, 9.17) is 25.6 Å². The topological polar surface area (TPSA) is 55.4 Å². The SMILES string of the molecule is C[Si](C)(C)OC(=C(O[Si](C)(C)C)[Si](O[Si])(O[Si](C)(C)C)O[Si](C)(C)C)c1ccccc1O[Si](C)(C)C. The maximum Gasteiger partial charge on any atom is 0.544 e. The van der Waals surface area contributed by atoms with Gasteiger partial charge in [0.2, 0.25) is 35.4 Å². The summed E-state index contributed by atoms with van der Waals surface area (Å²) in [7, 11) is -10.8. The highest BCUT2D eigenvalue weighted by molar-refractivity contribution is 6.90. The molecule has 0 amide bonds. The summed E-state index contributed by atoms with van der Waals surface area (Å²) in [4.78, 5) is 0. The van der Waals surface area contributed by atoms with E-state index in [1.807, 2.05) is 24.3 Å². The summed E-state index contributed by atoms with van der Waals surface area (Å²) in [5.74, 6) is 1.39. The summed E-state index contributed by atoms with van der Waals surface area (Å²) in [5.41, 5.74) is 0.842. The molecule has 0 spiro atoms. The predicted molar refractivity (Wildman–Crippen MR) is 168 cm³/mol. The van der Waals surface area contributed by atoms with Gasteiger partial charge in [-0.3, -0.25) is 0 Å².